The molecule has 1 amide bonds. The van der Waals surface area contributed by atoms with E-state index in [2.05, 4.69) is 15.5 Å². The lowest BCUT2D eigenvalue weighted by Gasteiger charge is -2.18. The zero-order valence-corrected chi connectivity index (χ0v) is 14.2. The van der Waals surface area contributed by atoms with Crippen molar-refractivity contribution in [2.45, 2.75) is 12.5 Å². The zero-order valence-electron chi connectivity index (χ0n) is 13.4. The Morgan fingerprint density at radius 3 is 2.46 bits per heavy atom. The highest BCUT2D eigenvalue weighted by molar-refractivity contribution is 7.98. The standard InChI is InChI=1S/C17H19N5OS/c1-24-11-8-16(21-9-2-3-10-21)17(23)20-14-4-6-15(7-5-14)22-12-18-19-13-22/h2-7,9-10,12-13,16H,8,11H2,1H3,(H,20,23)/t16-/m0/s1. The molecule has 0 radical (unpaired) electrons. The average Bonchev–Trinajstić information content (AvgIpc) is 3.30. The highest BCUT2D eigenvalue weighted by Crippen LogP contribution is 2.19. The Labute approximate surface area is 144 Å². The summed E-state index contributed by atoms with van der Waals surface area (Å²) in [4.78, 5) is 12.7. The van der Waals surface area contributed by atoms with Gasteiger partial charge in [0, 0.05) is 23.8 Å². The van der Waals surface area contributed by atoms with E-state index in [4.69, 9.17) is 0 Å². The molecule has 3 aromatic rings. The summed E-state index contributed by atoms with van der Waals surface area (Å²) in [6, 6.07) is 11.3. The molecule has 0 saturated carbocycles. The minimum absolute atomic E-state index is 0.00250. The van der Waals surface area contributed by atoms with E-state index in [0.29, 0.717) is 0 Å². The zero-order chi connectivity index (χ0) is 16.8. The van der Waals surface area contributed by atoms with Gasteiger partial charge in [-0.05, 0) is 54.8 Å². The number of carbonyl (C=O) groups excluding carboxylic acids is 1. The van der Waals surface area contributed by atoms with Crippen LogP contribution in [0.15, 0.2) is 61.4 Å². The van der Waals surface area contributed by atoms with Gasteiger partial charge in [0.05, 0.1) is 0 Å². The third kappa shape index (κ3) is 3.86. The number of aromatic nitrogens is 4. The number of anilines is 1. The predicted molar refractivity (Wildman–Crippen MR) is 96.5 cm³/mol. The Hall–Kier alpha value is -2.54. The number of nitrogens with one attached hydrogen (secondary N) is 1. The van der Waals surface area contributed by atoms with Gasteiger partial charge in [-0.25, -0.2) is 0 Å². The van der Waals surface area contributed by atoms with Crippen LogP contribution in [0.25, 0.3) is 5.69 Å². The van der Waals surface area contributed by atoms with E-state index in [-0.39, 0.29) is 11.9 Å². The van der Waals surface area contributed by atoms with Crippen LogP contribution >= 0.6 is 11.8 Å². The van der Waals surface area contributed by atoms with Crippen LogP contribution in [0.2, 0.25) is 0 Å². The molecule has 0 spiro atoms. The van der Waals surface area contributed by atoms with E-state index < -0.39 is 0 Å². The molecule has 0 aliphatic heterocycles. The van der Waals surface area contributed by atoms with Gasteiger partial charge in [0.25, 0.3) is 0 Å². The molecule has 2 aromatic heterocycles. The molecule has 0 fully saturated rings. The lowest BCUT2D eigenvalue weighted by atomic mass is 10.2. The number of thioether (sulfide) groups is 1. The van der Waals surface area contributed by atoms with Crippen LogP contribution in [0.3, 0.4) is 0 Å². The molecule has 0 unspecified atom stereocenters. The van der Waals surface area contributed by atoms with Crippen molar-refractivity contribution in [3.05, 3.63) is 61.4 Å². The van der Waals surface area contributed by atoms with E-state index in [9.17, 15) is 4.79 Å². The topological polar surface area (TPSA) is 64.7 Å². The van der Waals surface area contributed by atoms with Gasteiger partial charge in [0.2, 0.25) is 5.91 Å². The largest absolute Gasteiger partial charge is 0.342 e. The maximum absolute atomic E-state index is 12.7. The molecule has 0 bridgehead atoms. The first-order valence-corrected chi connectivity index (χ1v) is 9.04. The maximum Gasteiger partial charge on any atom is 0.247 e. The van der Waals surface area contributed by atoms with Crippen LogP contribution in [0, 0.1) is 0 Å². The molecule has 3 rings (SSSR count). The molecule has 0 aliphatic rings. The van der Waals surface area contributed by atoms with Gasteiger partial charge >= 0.3 is 0 Å². The molecule has 24 heavy (non-hydrogen) atoms. The molecule has 124 valence electrons. The number of amides is 1. The molecule has 7 heteroatoms. The van der Waals surface area contributed by atoms with Crippen LogP contribution < -0.4 is 5.32 Å². The quantitative estimate of drug-likeness (QED) is 0.717. The minimum Gasteiger partial charge on any atom is -0.342 e. The second kappa shape index (κ2) is 7.83. The first-order valence-electron chi connectivity index (χ1n) is 7.65. The first-order chi connectivity index (χ1) is 11.8. The minimum atomic E-state index is -0.204. The highest BCUT2D eigenvalue weighted by Gasteiger charge is 2.19. The number of hydrogen-bond acceptors (Lipinski definition) is 4. The van der Waals surface area contributed by atoms with Crippen molar-refractivity contribution in [2.24, 2.45) is 0 Å². The van der Waals surface area contributed by atoms with Crippen LogP contribution in [0.1, 0.15) is 12.5 Å². The third-order valence-electron chi connectivity index (χ3n) is 3.74. The van der Waals surface area contributed by atoms with Crippen LogP contribution in [0.4, 0.5) is 5.69 Å². The monoisotopic (exact) mass is 341 g/mol. The number of nitrogens with zero attached hydrogens (tertiary/aromatic N) is 4. The van der Waals surface area contributed by atoms with Crippen molar-refractivity contribution >= 4 is 23.4 Å². The fraction of sp³-hybridized carbons (Fsp3) is 0.235. The maximum atomic E-state index is 12.7. The number of benzene rings is 1. The van der Waals surface area contributed by atoms with Gasteiger partial charge in [-0.1, -0.05) is 0 Å². The van der Waals surface area contributed by atoms with Gasteiger partial charge in [-0.2, -0.15) is 11.8 Å². The van der Waals surface area contributed by atoms with Crippen LogP contribution in [-0.4, -0.2) is 37.2 Å². The summed E-state index contributed by atoms with van der Waals surface area (Å²) in [7, 11) is 0. The van der Waals surface area contributed by atoms with E-state index in [1.165, 1.54) is 0 Å². The smallest absolute Gasteiger partial charge is 0.247 e. The summed E-state index contributed by atoms with van der Waals surface area (Å²) >= 11 is 1.74. The third-order valence-corrected chi connectivity index (χ3v) is 4.38. The van der Waals surface area contributed by atoms with Gasteiger partial charge in [0.15, 0.2) is 0 Å². The van der Waals surface area contributed by atoms with Crippen molar-refractivity contribution in [1.29, 1.82) is 0 Å². The Morgan fingerprint density at radius 1 is 1.17 bits per heavy atom. The summed E-state index contributed by atoms with van der Waals surface area (Å²) in [6.45, 7) is 0. The van der Waals surface area contributed by atoms with Crippen LogP contribution in [-0.2, 0) is 4.79 Å². The Bertz CT molecular complexity index is 753. The fourth-order valence-corrected chi connectivity index (χ4v) is 2.94. The van der Waals surface area contributed by atoms with Crippen LogP contribution in [0.5, 0.6) is 0 Å². The molecule has 1 N–H and O–H groups in total. The Balaban J connectivity index is 1.70. The second-order valence-corrected chi connectivity index (χ2v) is 6.32. The van der Waals surface area contributed by atoms with Gasteiger partial charge < -0.3 is 9.88 Å². The van der Waals surface area contributed by atoms with Crippen molar-refractivity contribution < 1.29 is 4.79 Å². The van der Waals surface area contributed by atoms with Gasteiger partial charge in [0.1, 0.15) is 18.7 Å². The highest BCUT2D eigenvalue weighted by atomic mass is 32.2. The summed E-state index contributed by atoms with van der Waals surface area (Å²) in [5, 5.41) is 10.6. The van der Waals surface area contributed by atoms with E-state index >= 15 is 0 Å². The van der Waals surface area contributed by atoms with E-state index in [1.807, 2.05) is 64.2 Å². The molecule has 1 aromatic carbocycles. The van der Waals surface area contributed by atoms with E-state index in [1.54, 1.807) is 24.4 Å². The molecule has 0 aliphatic carbocycles. The molecular formula is C17H19N5OS. The summed E-state index contributed by atoms with van der Waals surface area (Å²) in [6.07, 6.45) is 9.98. The second-order valence-electron chi connectivity index (χ2n) is 5.33. The van der Waals surface area contributed by atoms with Gasteiger partial charge in [-0.3, -0.25) is 9.36 Å². The molecular weight excluding hydrogens is 322 g/mol. The molecule has 0 saturated heterocycles. The molecule has 2 heterocycles. The predicted octanol–water partition coefficient (Wildman–Crippen LogP) is 3.00. The van der Waals surface area contributed by atoms with E-state index in [0.717, 1.165) is 23.5 Å². The lowest BCUT2D eigenvalue weighted by Crippen LogP contribution is -2.25. The Kier molecular flexibility index (Phi) is 5.32. The normalized spacial score (nSPS) is 12.0. The van der Waals surface area contributed by atoms with Crippen molar-refractivity contribution in [3.63, 3.8) is 0 Å². The van der Waals surface area contributed by atoms with Crippen molar-refractivity contribution in [3.8, 4) is 5.69 Å². The first kappa shape index (κ1) is 16.3. The molecule has 6 nitrogen and oxygen atoms in total. The van der Waals surface area contributed by atoms with Crippen molar-refractivity contribution in [2.75, 3.05) is 17.3 Å². The lowest BCUT2D eigenvalue weighted by molar-refractivity contribution is -0.119. The van der Waals surface area contributed by atoms with Gasteiger partial charge in [-0.15, -0.1) is 10.2 Å². The number of hydrogen-bond donors (Lipinski definition) is 1. The summed E-state index contributed by atoms with van der Waals surface area (Å²) in [5.41, 5.74) is 1.72. The summed E-state index contributed by atoms with van der Waals surface area (Å²) < 4.78 is 3.77. The number of carbonyl (C=O) groups is 1. The Morgan fingerprint density at radius 2 is 1.83 bits per heavy atom. The van der Waals surface area contributed by atoms with Crippen molar-refractivity contribution in [1.82, 2.24) is 19.3 Å². The summed E-state index contributed by atoms with van der Waals surface area (Å²) in [5.74, 6) is 0.931. The average molecular weight is 341 g/mol. The number of rotatable bonds is 7. The SMILES string of the molecule is CSCC[C@@H](C(=O)Nc1ccc(-n2cnnc2)cc1)n1cccc1. The molecule has 1 atom stereocenters. The fourth-order valence-electron chi connectivity index (χ4n) is 2.48.